The third-order valence-electron chi connectivity index (χ3n) is 3.89. The Balaban J connectivity index is 1.63. The molecule has 0 aliphatic heterocycles. The van der Waals surface area contributed by atoms with Gasteiger partial charge in [-0.15, -0.1) is 10.2 Å². The zero-order chi connectivity index (χ0) is 19.4. The van der Waals surface area contributed by atoms with Gasteiger partial charge in [-0.25, -0.2) is 4.39 Å². The van der Waals surface area contributed by atoms with Gasteiger partial charge in [0.25, 0.3) is 0 Å². The van der Waals surface area contributed by atoms with Crippen molar-refractivity contribution in [2.75, 3.05) is 14.2 Å². The predicted molar refractivity (Wildman–Crippen MR) is 100 cm³/mol. The van der Waals surface area contributed by atoms with Crippen LogP contribution < -0.4 is 4.74 Å². The zero-order valence-corrected chi connectivity index (χ0v) is 16.4. The summed E-state index contributed by atoms with van der Waals surface area (Å²) in [6.07, 6.45) is 0. The fourth-order valence-corrected chi connectivity index (χ4v) is 2.70. The van der Waals surface area contributed by atoms with Crippen LogP contribution in [0.25, 0.3) is 11.4 Å². The lowest BCUT2D eigenvalue weighted by Crippen LogP contribution is -2.30. The minimum absolute atomic E-state index is 0.0569. The van der Waals surface area contributed by atoms with E-state index in [1.165, 1.54) is 28.9 Å². The first-order valence-electron chi connectivity index (χ1n) is 8.06. The number of halogens is 2. The Bertz CT molecular complexity index is 945. The van der Waals surface area contributed by atoms with Crippen LogP contribution in [0.2, 0.25) is 0 Å². The summed E-state index contributed by atoms with van der Waals surface area (Å²) in [7, 11) is 3.04. The lowest BCUT2D eigenvalue weighted by Gasteiger charge is -2.17. The number of carbonyl (C=O) groups is 1. The van der Waals surface area contributed by atoms with Gasteiger partial charge in [0.05, 0.1) is 7.11 Å². The first-order chi connectivity index (χ1) is 13.0. The number of rotatable bonds is 6. The highest BCUT2D eigenvalue weighted by molar-refractivity contribution is 9.10. The minimum atomic E-state index is -0.465. The van der Waals surface area contributed by atoms with E-state index >= 15 is 0 Å². The van der Waals surface area contributed by atoms with Gasteiger partial charge in [-0.2, -0.15) is 4.80 Å². The van der Waals surface area contributed by atoms with Crippen molar-refractivity contribution < 1.29 is 13.9 Å². The van der Waals surface area contributed by atoms with E-state index in [0.717, 1.165) is 10.0 Å². The molecule has 2 aromatic carbocycles. The van der Waals surface area contributed by atoms with Gasteiger partial charge in [0.15, 0.2) is 11.6 Å². The van der Waals surface area contributed by atoms with Gasteiger partial charge in [0, 0.05) is 23.6 Å². The molecule has 7 nitrogen and oxygen atoms in total. The van der Waals surface area contributed by atoms with Crippen LogP contribution in [0.3, 0.4) is 0 Å². The van der Waals surface area contributed by atoms with Gasteiger partial charge >= 0.3 is 0 Å². The molecule has 0 saturated heterocycles. The summed E-state index contributed by atoms with van der Waals surface area (Å²) < 4.78 is 19.6. The van der Waals surface area contributed by atoms with Crippen LogP contribution in [-0.4, -0.2) is 45.2 Å². The Morgan fingerprint density at radius 1 is 1.26 bits per heavy atom. The summed E-state index contributed by atoms with van der Waals surface area (Å²) in [5.74, 6) is -0.0749. The monoisotopic (exact) mass is 433 g/mol. The lowest BCUT2D eigenvalue weighted by molar-refractivity contribution is -0.131. The van der Waals surface area contributed by atoms with E-state index in [1.807, 2.05) is 24.3 Å². The Kier molecular flexibility index (Phi) is 5.80. The second-order valence-electron chi connectivity index (χ2n) is 5.87. The summed E-state index contributed by atoms with van der Waals surface area (Å²) in [4.78, 5) is 15.1. The van der Waals surface area contributed by atoms with E-state index in [-0.39, 0.29) is 24.7 Å². The quantitative estimate of drug-likeness (QED) is 0.597. The highest BCUT2D eigenvalue weighted by Gasteiger charge is 2.14. The third-order valence-corrected chi connectivity index (χ3v) is 4.42. The molecule has 27 heavy (non-hydrogen) atoms. The van der Waals surface area contributed by atoms with E-state index in [9.17, 15) is 9.18 Å². The fourth-order valence-electron chi connectivity index (χ4n) is 2.44. The molecular weight excluding hydrogens is 417 g/mol. The molecule has 0 radical (unpaired) electrons. The smallest absolute Gasteiger partial charge is 0.246 e. The lowest BCUT2D eigenvalue weighted by atomic mass is 10.2. The van der Waals surface area contributed by atoms with Gasteiger partial charge in [0.1, 0.15) is 6.54 Å². The number of tetrazole rings is 1. The van der Waals surface area contributed by atoms with Crippen molar-refractivity contribution in [2.24, 2.45) is 0 Å². The second-order valence-corrected chi connectivity index (χ2v) is 6.78. The fraction of sp³-hybridized carbons (Fsp3) is 0.222. The molecule has 1 aromatic heterocycles. The van der Waals surface area contributed by atoms with E-state index < -0.39 is 5.82 Å². The molecule has 0 saturated carbocycles. The van der Waals surface area contributed by atoms with Crippen molar-refractivity contribution >= 4 is 21.8 Å². The number of amides is 1. The van der Waals surface area contributed by atoms with Crippen molar-refractivity contribution in [2.45, 2.75) is 13.1 Å². The molecule has 0 bridgehead atoms. The number of carbonyl (C=O) groups excluding carboxylic acids is 1. The van der Waals surface area contributed by atoms with Crippen LogP contribution in [0, 0.1) is 5.82 Å². The topological polar surface area (TPSA) is 73.1 Å². The molecule has 0 atom stereocenters. The summed E-state index contributed by atoms with van der Waals surface area (Å²) in [6, 6.07) is 12.1. The number of nitrogens with zero attached hydrogens (tertiary/aromatic N) is 5. The molecule has 140 valence electrons. The number of likely N-dealkylation sites (N-methyl/N-ethyl adjacent to an activating group) is 1. The van der Waals surface area contributed by atoms with Crippen molar-refractivity contribution in [3.8, 4) is 17.1 Å². The van der Waals surface area contributed by atoms with E-state index in [0.29, 0.717) is 11.4 Å². The normalized spacial score (nSPS) is 10.7. The maximum absolute atomic E-state index is 13.8. The SMILES string of the molecule is COc1ccc(CN(C)C(=O)Cn2nnc(-c3ccc(Br)cc3)n2)cc1F. The molecule has 1 amide bonds. The number of benzene rings is 2. The molecule has 9 heteroatoms. The molecule has 0 unspecified atom stereocenters. The number of aromatic nitrogens is 4. The van der Waals surface area contributed by atoms with Crippen LogP contribution >= 0.6 is 15.9 Å². The molecular formula is C18H17BrFN5O2. The Hall–Kier alpha value is -2.81. The van der Waals surface area contributed by atoms with Gasteiger partial charge < -0.3 is 9.64 Å². The highest BCUT2D eigenvalue weighted by atomic mass is 79.9. The largest absolute Gasteiger partial charge is 0.494 e. The van der Waals surface area contributed by atoms with Crippen LogP contribution in [0.4, 0.5) is 4.39 Å². The van der Waals surface area contributed by atoms with Gasteiger partial charge in [-0.3, -0.25) is 4.79 Å². The second kappa shape index (κ2) is 8.26. The van der Waals surface area contributed by atoms with Gasteiger partial charge in [-0.1, -0.05) is 22.0 Å². The predicted octanol–water partition coefficient (Wildman–Crippen LogP) is 2.91. The Morgan fingerprint density at radius 2 is 2.00 bits per heavy atom. The van der Waals surface area contributed by atoms with Crippen molar-refractivity contribution in [1.29, 1.82) is 0 Å². The molecule has 1 heterocycles. The molecule has 0 aliphatic rings. The molecule has 3 rings (SSSR count). The van der Waals surface area contributed by atoms with Crippen molar-refractivity contribution in [3.05, 3.63) is 58.3 Å². The average Bonchev–Trinajstić information content (AvgIpc) is 3.11. The van der Waals surface area contributed by atoms with Crippen LogP contribution in [0.5, 0.6) is 5.75 Å². The van der Waals surface area contributed by atoms with Crippen LogP contribution in [0.15, 0.2) is 46.9 Å². The first kappa shape index (κ1) is 19.0. The Labute approximate surface area is 163 Å². The van der Waals surface area contributed by atoms with Gasteiger partial charge in [-0.05, 0) is 47.2 Å². The summed E-state index contributed by atoms with van der Waals surface area (Å²) in [5, 5.41) is 12.1. The summed E-state index contributed by atoms with van der Waals surface area (Å²) in [5.41, 5.74) is 1.46. The minimum Gasteiger partial charge on any atom is -0.494 e. The highest BCUT2D eigenvalue weighted by Crippen LogP contribution is 2.19. The third kappa shape index (κ3) is 4.68. The van der Waals surface area contributed by atoms with E-state index in [1.54, 1.807) is 13.1 Å². The maximum atomic E-state index is 13.8. The molecule has 0 aliphatic carbocycles. The van der Waals surface area contributed by atoms with Crippen molar-refractivity contribution in [3.63, 3.8) is 0 Å². The van der Waals surface area contributed by atoms with Crippen molar-refractivity contribution in [1.82, 2.24) is 25.1 Å². The standard InChI is InChI=1S/C18H17BrFN5O2/c1-24(10-12-3-8-16(27-2)15(20)9-12)17(26)11-25-22-18(21-23-25)13-4-6-14(19)7-5-13/h3-9H,10-11H2,1-2H3. The first-order valence-corrected chi connectivity index (χ1v) is 8.85. The average molecular weight is 434 g/mol. The number of methoxy groups -OCH3 is 1. The number of hydrogen-bond donors (Lipinski definition) is 0. The molecule has 0 N–H and O–H groups in total. The number of ether oxygens (including phenoxy) is 1. The maximum Gasteiger partial charge on any atom is 0.246 e. The van der Waals surface area contributed by atoms with Crippen LogP contribution in [0.1, 0.15) is 5.56 Å². The van der Waals surface area contributed by atoms with E-state index in [2.05, 4.69) is 31.3 Å². The zero-order valence-electron chi connectivity index (χ0n) is 14.8. The Morgan fingerprint density at radius 3 is 2.67 bits per heavy atom. The van der Waals surface area contributed by atoms with E-state index in [4.69, 9.17) is 4.74 Å². The van der Waals surface area contributed by atoms with Gasteiger partial charge in [0.2, 0.25) is 11.7 Å². The number of hydrogen-bond acceptors (Lipinski definition) is 5. The molecule has 0 fully saturated rings. The molecule has 0 spiro atoms. The molecule has 3 aromatic rings. The summed E-state index contributed by atoms with van der Waals surface area (Å²) >= 11 is 3.37. The van der Waals surface area contributed by atoms with Crippen LogP contribution in [-0.2, 0) is 17.9 Å². The summed E-state index contributed by atoms with van der Waals surface area (Å²) in [6.45, 7) is 0.201.